The summed E-state index contributed by atoms with van der Waals surface area (Å²) in [6, 6.07) is 13.9. The molecule has 0 radical (unpaired) electrons. The Hall–Kier alpha value is -3.09. The number of ketones is 1. The van der Waals surface area contributed by atoms with Crippen molar-refractivity contribution in [3.05, 3.63) is 81.6 Å². The second-order valence-electron chi connectivity index (χ2n) is 6.96. The lowest BCUT2D eigenvalue weighted by Gasteiger charge is -2.11. The van der Waals surface area contributed by atoms with E-state index in [9.17, 15) is 9.59 Å². The highest BCUT2D eigenvalue weighted by molar-refractivity contribution is 6.33. The molecule has 0 bridgehead atoms. The van der Waals surface area contributed by atoms with E-state index in [4.69, 9.17) is 27.9 Å². The van der Waals surface area contributed by atoms with E-state index in [0.717, 1.165) is 0 Å². The Morgan fingerprint density at radius 1 is 1.13 bits per heavy atom. The molecule has 0 atom stereocenters. The van der Waals surface area contributed by atoms with Gasteiger partial charge in [-0.1, -0.05) is 47.5 Å². The fourth-order valence-corrected chi connectivity index (χ4v) is 3.30. The highest BCUT2D eigenvalue weighted by Gasteiger charge is 2.15. The molecule has 3 aromatic rings. The molecule has 1 heterocycles. The molecule has 1 amide bonds. The van der Waals surface area contributed by atoms with Gasteiger partial charge in [-0.15, -0.1) is 0 Å². The SMILES string of the molecule is Cc1nn(-c2ccccc2Cl)c(Cl)c1/C=C/C(=O)c1cccc(OCC(=O)N(C)C)c1. The summed E-state index contributed by atoms with van der Waals surface area (Å²) >= 11 is 12.8. The number of allylic oxidation sites excluding steroid dienone is 1. The van der Waals surface area contributed by atoms with E-state index in [1.54, 1.807) is 62.1 Å². The first kappa shape index (κ1) is 22.6. The van der Waals surface area contributed by atoms with E-state index in [0.29, 0.717) is 38.4 Å². The number of aryl methyl sites for hydroxylation is 1. The van der Waals surface area contributed by atoms with Crippen LogP contribution in [0, 0.1) is 6.92 Å². The molecule has 160 valence electrons. The van der Waals surface area contributed by atoms with Crippen molar-refractivity contribution in [2.75, 3.05) is 20.7 Å². The molecule has 3 rings (SSSR count). The van der Waals surface area contributed by atoms with E-state index in [-0.39, 0.29) is 18.3 Å². The molecule has 0 aliphatic heterocycles. The predicted octanol–water partition coefficient (Wildman–Crippen LogP) is 4.85. The number of amides is 1. The van der Waals surface area contributed by atoms with Gasteiger partial charge in [0.1, 0.15) is 10.9 Å². The van der Waals surface area contributed by atoms with Gasteiger partial charge in [0.15, 0.2) is 12.4 Å². The molecule has 0 spiro atoms. The highest BCUT2D eigenvalue weighted by Crippen LogP contribution is 2.28. The molecule has 0 saturated carbocycles. The van der Waals surface area contributed by atoms with Crippen LogP contribution in [0.5, 0.6) is 5.75 Å². The summed E-state index contributed by atoms with van der Waals surface area (Å²) < 4.78 is 7.01. The lowest BCUT2D eigenvalue weighted by atomic mass is 10.1. The maximum Gasteiger partial charge on any atom is 0.259 e. The van der Waals surface area contributed by atoms with Gasteiger partial charge >= 0.3 is 0 Å². The van der Waals surface area contributed by atoms with Crippen LogP contribution in [0.1, 0.15) is 21.6 Å². The minimum absolute atomic E-state index is 0.101. The minimum Gasteiger partial charge on any atom is -0.484 e. The highest BCUT2D eigenvalue weighted by atomic mass is 35.5. The van der Waals surface area contributed by atoms with Gasteiger partial charge in [0.05, 0.1) is 16.4 Å². The van der Waals surface area contributed by atoms with E-state index < -0.39 is 0 Å². The lowest BCUT2D eigenvalue weighted by Crippen LogP contribution is -2.27. The third-order valence-electron chi connectivity index (χ3n) is 4.51. The van der Waals surface area contributed by atoms with Gasteiger partial charge in [-0.25, -0.2) is 4.68 Å². The number of carbonyl (C=O) groups is 2. The minimum atomic E-state index is -0.231. The zero-order valence-electron chi connectivity index (χ0n) is 17.3. The zero-order chi connectivity index (χ0) is 22.5. The van der Waals surface area contributed by atoms with Crippen molar-refractivity contribution in [3.8, 4) is 11.4 Å². The number of nitrogens with zero attached hydrogens (tertiary/aromatic N) is 3. The average molecular weight is 458 g/mol. The Labute approximate surface area is 190 Å². The van der Waals surface area contributed by atoms with Crippen LogP contribution >= 0.6 is 23.2 Å². The van der Waals surface area contributed by atoms with Gasteiger partial charge < -0.3 is 9.64 Å². The van der Waals surface area contributed by atoms with E-state index in [1.807, 2.05) is 18.2 Å². The second-order valence-corrected chi connectivity index (χ2v) is 7.72. The van der Waals surface area contributed by atoms with Crippen molar-refractivity contribution in [1.29, 1.82) is 0 Å². The predicted molar refractivity (Wildman–Crippen MR) is 122 cm³/mol. The number of rotatable bonds is 7. The number of hydrogen-bond acceptors (Lipinski definition) is 4. The summed E-state index contributed by atoms with van der Waals surface area (Å²) in [4.78, 5) is 25.8. The second kappa shape index (κ2) is 9.81. The third-order valence-corrected chi connectivity index (χ3v) is 5.19. The van der Waals surface area contributed by atoms with Crippen LogP contribution in [0.2, 0.25) is 10.2 Å². The lowest BCUT2D eigenvalue weighted by molar-refractivity contribution is -0.130. The number of benzene rings is 2. The maximum atomic E-state index is 12.7. The average Bonchev–Trinajstić information content (AvgIpc) is 3.04. The van der Waals surface area contributed by atoms with Gasteiger partial charge in [0, 0.05) is 25.2 Å². The molecule has 1 aromatic heterocycles. The number of hydrogen-bond donors (Lipinski definition) is 0. The van der Waals surface area contributed by atoms with Crippen LogP contribution in [0.25, 0.3) is 11.8 Å². The van der Waals surface area contributed by atoms with E-state index in [2.05, 4.69) is 5.10 Å². The topological polar surface area (TPSA) is 64.4 Å². The van der Waals surface area contributed by atoms with Crippen LogP contribution in [-0.2, 0) is 4.79 Å². The Bertz CT molecular complexity index is 1150. The molecule has 0 fully saturated rings. The summed E-state index contributed by atoms with van der Waals surface area (Å²) in [5.41, 5.74) is 2.37. The molecular weight excluding hydrogens is 437 g/mol. The summed E-state index contributed by atoms with van der Waals surface area (Å²) in [5.74, 6) is 0.0397. The summed E-state index contributed by atoms with van der Waals surface area (Å²) in [5, 5.41) is 5.32. The molecule has 0 aliphatic carbocycles. The monoisotopic (exact) mass is 457 g/mol. The Morgan fingerprint density at radius 3 is 2.58 bits per heavy atom. The molecular formula is C23H21Cl2N3O3. The summed E-state index contributed by atoms with van der Waals surface area (Å²) in [7, 11) is 3.30. The summed E-state index contributed by atoms with van der Waals surface area (Å²) in [6.07, 6.45) is 3.06. The van der Waals surface area contributed by atoms with Crippen LogP contribution in [-0.4, -0.2) is 47.1 Å². The van der Waals surface area contributed by atoms with Gasteiger partial charge in [0.25, 0.3) is 5.91 Å². The first-order valence-corrected chi connectivity index (χ1v) is 10.2. The standard InChI is InChI=1S/C23H21Cl2N3O3/c1-15-18(23(25)28(26-15)20-10-5-4-9-19(20)24)11-12-21(29)16-7-6-8-17(13-16)31-14-22(30)27(2)3/h4-13H,14H2,1-3H3/b12-11+. The number of ether oxygens (including phenoxy) is 1. The molecule has 31 heavy (non-hydrogen) atoms. The molecule has 6 nitrogen and oxygen atoms in total. The van der Waals surface area contributed by atoms with Crippen molar-refractivity contribution < 1.29 is 14.3 Å². The number of carbonyl (C=O) groups excluding carboxylic acids is 2. The van der Waals surface area contributed by atoms with E-state index >= 15 is 0 Å². The van der Waals surface area contributed by atoms with Gasteiger partial charge in [0.2, 0.25) is 0 Å². The van der Waals surface area contributed by atoms with Crippen LogP contribution < -0.4 is 4.74 Å². The largest absolute Gasteiger partial charge is 0.484 e. The smallest absolute Gasteiger partial charge is 0.259 e. The van der Waals surface area contributed by atoms with Crippen LogP contribution in [0.3, 0.4) is 0 Å². The third kappa shape index (κ3) is 5.34. The first-order chi connectivity index (χ1) is 14.8. The van der Waals surface area contributed by atoms with Crippen molar-refractivity contribution in [2.45, 2.75) is 6.92 Å². The maximum absolute atomic E-state index is 12.7. The van der Waals surface area contributed by atoms with Crippen molar-refractivity contribution >= 4 is 41.0 Å². The fourth-order valence-electron chi connectivity index (χ4n) is 2.75. The number of aromatic nitrogens is 2. The van der Waals surface area contributed by atoms with Gasteiger partial charge in [-0.05, 0) is 43.3 Å². The van der Waals surface area contributed by atoms with Crippen LogP contribution in [0.4, 0.5) is 0 Å². The quantitative estimate of drug-likeness (QED) is 0.375. The van der Waals surface area contributed by atoms with E-state index in [1.165, 1.54) is 11.0 Å². The van der Waals surface area contributed by atoms with Crippen molar-refractivity contribution in [2.24, 2.45) is 0 Å². The molecule has 0 N–H and O–H groups in total. The number of para-hydroxylation sites is 1. The van der Waals surface area contributed by atoms with Crippen molar-refractivity contribution in [1.82, 2.24) is 14.7 Å². The molecule has 0 saturated heterocycles. The fraction of sp³-hybridized carbons (Fsp3) is 0.174. The molecule has 0 unspecified atom stereocenters. The molecule has 2 aromatic carbocycles. The normalized spacial score (nSPS) is 11.0. The number of halogens is 2. The Kier molecular flexibility index (Phi) is 7.15. The Balaban J connectivity index is 1.79. The first-order valence-electron chi connectivity index (χ1n) is 9.43. The van der Waals surface area contributed by atoms with Crippen molar-refractivity contribution in [3.63, 3.8) is 0 Å². The Morgan fingerprint density at radius 2 is 1.87 bits per heavy atom. The molecule has 0 aliphatic rings. The summed E-state index contributed by atoms with van der Waals surface area (Å²) in [6.45, 7) is 1.70. The zero-order valence-corrected chi connectivity index (χ0v) is 18.8. The van der Waals surface area contributed by atoms with Gasteiger partial charge in [-0.2, -0.15) is 5.10 Å². The number of likely N-dealkylation sites (N-methyl/N-ethyl adjacent to an activating group) is 1. The van der Waals surface area contributed by atoms with Crippen LogP contribution in [0.15, 0.2) is 54.6 Å². The molecule has 8 heteroatoms. The van der Waals surface area contributed by atoms with Gasteiger partial charge in [-0.3, -0.25) is 9.59 Å².